The van der Waals surface area contributed by atoms with Crippen LogP contribution in [0.3, 0.4) is 0 Å². The molecule has 0 fully saturated rings. The number of benzene rings is 2. The SMILES string of the molecule is CCCCCCCCCCCCC(C(=O)O)c1cccc2ccccc12. The Hall–Kier alpha value is -1.83. The predicted octanol–water partition coefficient (Wildman–Crippen LogP) is 7.32. The average molecular weight is 355 g/mol. The monoisotopic (exact) mass is 354 g/mol. The molecule has 0 aromatic heterocycles. The summed E-state index contributed by atoms with van der Waals surface area (Å²) in [6, 6.07) is 14.1. The van der Waals surface area contributed by atoms with E-state index in [9.17, 15) is 9.90 Å². The zero-order valence-corrected chi connectivity index (χ0v) is 16.3. The van der Waals surface area contributed by atoms with E-state index in [4.69, 9.17) is 0 Å². The molecule has 2 heteroatoms. The van der Waals surface area contributed by atoms with Crippen molar-refractivity contribution in [2.75, 3.05) is 0 Å². The molecule has 26 heavy (non-hydrogen) atoms. The van der Waals surface area contributed by atoms with Gasteiger partial charge in [0.15, 0.2) is 0 Å². The van der Waals surface area contributed by atoms with Crippen molar-refractivity contribution in [3.63, 3.8) is 0 Å². The molecule has 0 heterocycles. The number of fused-ring (bicyclic) bond motifs is 1. The maximum Gasteiger partial charge on any atom is 0.310 e. The number of aliphatic carboxylic acids is 1. The molecule has 1 unspecified atom stereocenters. The molecule has 2 aromatic carbocycles. The molecular formula is C24H34O2. The lowest BCUT2D eigenvalue weighted by Gasteiger charge is -2.15. The summed E-state index contributed by atoms with van der Waals surface area (Å²) in [5.74, 6) is -1.09. The van der Waals surface area contributed by atoms with Gasteiger partial charge in [-0.2, -0.15) is 0 Å². The van der Waals surface area contributed by atoms with Crippen LogP contribution in [-0.2, 0) is 4.79 Å². The molecule has 0 amide bonds. The summed E-state index contributed by atoms with van der Waals surface area (Å²) < 4.78 is 0. The standard InChI is InChI=1S/C24H34O2/c1-2-3-4-5-6-7-8-9-10-11-18-23(24(25)26)22-19-14-16-20-15-12-13-17-21(20)22/h12-17,19,23H,2-11,18H2,1H3,(H,25,26). The van der Waals surface area contributed by atoms with Gasteiger partial charge in [-0.15, -0.1) is 0 Å². The first-order valence-corrected chi connectivity index (χ1v) is 10.4. The molecule has 142 valence electrons. The van der Waals surface area contributed by atoms with Gasteiger partial charge in [-0.25, -0.2) is 0 Å². The lowest BCUT2D eigenvalue weighted by molar-refractivity contribution is -0.139. The molecular weight excluding hydrogens is 320 g/mol. The Labute approximate surface area is 158 Å². The van der Waals surface area contributed by atoms with Gasteiger partial charge in [-0.05, 0) is 22.8 Å². The Bertz CT molecular complexity index is 657. The van der Waals surface area contributed by atoms with Crippen LogP contribution < -0.4 is 0 Å². The van der Waals surface area contributed by atoms with E-state index in [1.54, 1.807) is 0 Å². The smallest absolute Gasteiger partial charge is 0.310 e. The third-order valence-corrected chi connectivity index (χ3v) is 5.34. The van der Waals surface area contributed by atoms with Gasteiger partial charge >= 0.3 is 5.97 Å². The Morgan fingerprint density at radius 1 is 0.808 bits per heavy atom. The number of hydrogen-bond donors (Lipinski definition) is 1. The fraction of sp³-hybridized carbons (Fsp3) is 0.542. The summed E-state index contributed by atoms with van der Waals surface area (Å²) in [6.45, 7) is 2.25. The van der Waals surface area contributed by atoms with Crippen molar-refractivity contribution in [1.29, 1.82) is 0 Å². The molecule has 2 rings (SSSR count). The van der Waals surface area contributed by atoms with Crippen LogP contribution in [0.5, 0.6) is 0 Å². The lowest BCUT2D eigenvalue weighted by Crippen LogP contribution is -2.12. The number of carboxylic acid groups (broad SMARTS) is 1. The van der Waals surface area contributed by atoms with Crippen LogP contribution in [0.25, 0.3) is 10.8 Å². The van der Waals surface area contributed by atoms with E-state index in [2.05, 4.69) is 19.1 Å². The summed E-state index contributed by atoms with van der Waals surface area (Å²) in [5.41, 5.74) is 0.964. The second kappa shape index (κ2) is 11.7. The second-order valence-electron chi connectivity index (χ2n) is 7.43. The van der Waals surface area contributed by atoms with E-state index in [0.29, 0.717) is 0 Å². The molecule has 2 nitrogen and oxygen atoms in total. The molecule has 0 aliphatic carbocycles. The first kappa shape index (κ1) is 20.5. The van der Waals surface area contributed by atoms with Gasteiger partial charge in [0, 0.05) is 0 Å². The molecule has 0 aliphatic heterocycles. The number of carboxylic acids is 1. The molecule has 1 atom stereocenters. The van der Waals surface area contributed by atoms with Crippen LogP contribution in [0.1, 0.15) is 89.0 Å². The molecule has 2 aromatic rings. The van der Waals surface area contributed by atoms with Crippen LogP contribution in [-0.4, -0.2) is 11.1 Å². The topological polar surface area (TPSA) is 37.3 Å². The van der Waals surface area contributed by atoms with Crippen LogP contribution in [0.2, 0.25) is 0 Å². The summed E-state index contributed by atoms with van der Waals surface area (Å²) in [5, 5.41) is 11.9. The summed E-state index contributed by atoms with van der Waals surface area (Å²) in [7, 11) is 0. The maximum absolute atomic E-state index is 11.8. The van der Waals surface area contributed by atoms with Gasteiger partial charge in [-0.1, -0.05) is 114 Å². The average Bonchev–Trinajstić information content (AvgIpc) is 2.66. The van der Waals surface area contributed by atoms with Gasteiger partial charge in [0.25, 0.3) is 0 Å². The highest BCUT2D eigenvalue weighted by Crippen LogP contribution is 2.30. The number of rotatable bonds is 13. The zero-order chi connectivity index (χ0) is 18.6. The Morgan fingerprint density at radius 2 is 1.38 bits per heavy atom. The van der Waals surface area contributed by atoms with E-state index < -0.39 is 11.9 Å². The summed E-state index contributed by atoms with van der Waals surface area (Å²) >= 11 is 0. The van der Waals surface area contributed by atoms with Crippen LogP contribution in [0.15, 0.2) is 42.5 Å². The molecule has 0 spiro atoms. The largest absolute Gasteiger partial charge is 0.481 e. The maximum atomic E-state index is 11.8. The number of carbonyl (C=O) groups is 1. The third kappa shape index (κ3) is 6.48. The molecule has 0 saturated carbocycles. The van der Waals surface area contributed by atoms with Crippen molar-refractivity contribution >= 4 is 16.7 Å². The fourth-order valence-corrected chi connectivity index (χ4v) is 3.80. The molecule has 0 radical (unpaired) electrons. The highest BCUT2D eigenvalue weighted by molar-refractivity contribution is 5.90. The van der Waals surface area contributed by atoms with Crippen LogP contribution >= 0.6 is 0 Å². The number of hydrogen-bond acceptors (Lipinski definition) is 1. The normalized spacial score (nSPS) is 12.3. The van der Waals surface area contributed by atoms with Crippen LogP contribution in [0.4, 0.5) is 0 Å². The van der Waals surface area contributed by atoms with Gasteiger partial charge in [0.1, 0.15) is 0 Å². The van der Waals surface area contributed by atoms with Crippen molar-refractivity contribution in [3.05, 3.63) is 48.0 Å². The van der Waals surface area contributed by atoms with Gasteiger partial charge in [-0.3, -0.25) is 4.79 Å². The van der Waals surface area contributed by atoms with Crippen molar-refractivity contribution in [1.82, 2.24) is 0 Å². The van der Waals surface area contributed by atoms with Crippen molar-refractivity contribution in [2.45, 2.75) is 83.5 Å². The van der Waals surface area contributed by atoms with Gasteiger partial charge < -0.3 is 5.11 Å². The van der Waals surface area contributed by atoms with Gasteiger partial charge in [0.2, 0.25) is 0 Å². The van der Waals surface area contributed by atoms with Crippen molar-refractivity contribution < 1.29 is 9.90 Å². The Balaban J connectivity index is 1.76. The van der Waals surface area contributed by atoms with Crippen LogP contribution in [0, 0.1) is 0 Å². The van der Waals surface area contributed by atoms with E-state index in [0.717, 1.165) is 35.6 Å². The Morgan fingerprint density at radius 3 is 2.04 bits per heavy atom. The lowest BCUT2D eigenvalue weighted by atomic mass is 9.89. The van der Waals surface area contributed by atoms with E-state index in [1.165, 1.54) is 51.4 Å². The van der Waals surface area contributed by atoms with E-state index in [-0.39, 0.29) is 0 Å². The van der Waals surface area contributed by atoms with E-state index in [1.807, 2.05) is 30.3 Å². The highest BCUT2D eigenvalue weighted by Gasteiger charge is 2.21. The minimum atomic E-state index is -0.697. The summed E-state index contributed by atoms with van der Waals surface area (Å²) in [4.78, 5) is 11.8. The second-order valence-corrected chi connectivity index (χ2v) is 7.43. The van der Waals surface area contributed by atoms with Crippen molar-refractivity contribution in [3.8, 4) is 0 Å². The summed E-state index contributed by atoms with van der Waals surface area (Å²) in [6.07, 6.45) is 13.5. The predicted molar refractivity (Wildman–Crippen MR) is 111 cm³/mol. The molecule has 0 bridgehead atoms. The molecule has 0 saturated heterocycles. The molecule has 1 N–H and O–H groups in total. The minimum Gasteiger partial charge on any atom is -0.481 e. The molecule has 0 aliphatic rings. The number of unbranched alkanes of at least 4 members (excludes halogenated alkanes) is 9. The van der Waals surface area contributed by atoms with Crippen molar-refractivity contribution in [2.24, 2.45) is 0 Å². The Kier molecular flexibility index (Phi) is 9.23. The quantitative estimate of drug-likeness (QED) is 0.383. The first-order chi connectivity index (χ1) is 12.7. The minimum absolute atomic E-state index is 0.393. The van der Waals surface area contributed by atoms with Gasteiger partial charge in [0.05, 0.1) is 5.92 Å². The fourth-order valence-electron chi connectivity index (χ4n) is 3.80. The third-order valence-electron chi connectivity index (χ3n) is 5.34. The zero-order valence-electron chi connectivity index (χ0n) is 16.3. The highest BCUT2D eigenvalue weighted by atomic mass is 16.4. The van der Waals surface area contributed by atoms with E-state index >= 15 is 0 Å². The first-order valence-electron chi connectivity index (χ1n) is 10.4.